The van der Waals surface area contributed by atoms with Gasteiger partial charge in [-0.05, 0) is 18.9 Å². The first kappa shape index (κ1) is 17.0. The van der Waals surface area contributed by atoms with E-state index < -0.39 is 12.2 Å². The number of rotatable bonds is 8. The lowest BCUT2D eigenvalue weighted by molar-refractivity contribution is -0.159. The van der Waals surface area contributed by atoms with Crippen molar-refractivity contribution in [2.24, 2.45) is 0 Å². The van der Waals surface area contributed by atoms with Crippen LogP contribution in [0.4, 0.5) is 13.2 Å². The summed E-state index contributed by atoms with van der Waals surface area (Å²) < 4.78 is 39.4. The Bertz CT molecular complexity index is 362. The lowest BCUT2D eigenvalue weighted by atomic mass is 10.0. The molecule has 0 radical (unpaired) electrons. The summed E-state index contributed by atoms with van der Waals surface area (Å²) in [5.41, 5.74) is 0.278. The van der Waals surface area contributed by atoms with Gasteiger partial charge in [0.05, 0.1) is 0 Å². The van der Waals surface area contributed by atoms with E-state index >= 15 is 0 Å². The van der Waals surface area contributed by atoms with Crippen molar-refractivity contribution in [3.63, 3.8) is 0 Å². The van der Waals surface area contributed by atoms with Crippen LogP contribution in [0.3, 0.4) is 0 Å². The number of halogens is 3. The molecule has 1 aromatic carbocycles. The topological polar surface area (TPSA) is 12.0 Å². The quantitative estimate of drug-likeness (QED) is 0.645. The molecule has 1 rings (SSSR count). The maximum absolute atomic E-state index is 13.1. The van der Waals surface area contributed by atoms with Crippen molar-refractivity contribution in [3.05, 3.63) is 35.9 Å². The molecule has 20 heavy (non-hydrogen) atoms. The van der Waals surface area contributed by atoms with E-state index in [0.717, 1.165) is 32.1 Å². The van der Waals surface area contributed by atoms with Crippen LogP contribution in [0.2, 0.25) is 0 Å². The van der Waals surface area contributed by atoms with Gasteiger partial charge in [-0.2, -0.15) is 13.2 Å². The number of hydrogen-bond donors (Lipinski definition) is 1. The predicted octanol–water partition coefficient (Wildman–Crippen LogP) is 5.24. The van der Waals surface area contributed by atoms with Crippen LogP contribution in [0.5, 0.6) is 0 Å². The van der Waals surface area contributed by atoms with Gasteiger partial charge in [-0.25, -0.2) is 0 Å². The van der Waals surface area contributed by atoms with Gasteiger partial charge in [-0.15, -0.1) is 0 Å². The lowest BCUT2D eigenvalue weighted by Crippen LogP contribution is -2.39. The Kier molecular flexibility index (Phi) is 7.06. The summed E-state index contributed by atoms with van der Waals surface area (Å²) in [6.45, 7) is 3.95. The van der Waals surface area contributed by atoms with Gasteiger partial charge in [0.1, 0.15) is 6.04 Å². The van der Waals surface area contributed by atoms with Crippen molar-refractivity contribution < 1.29 is 13.2 Å². The SMILES string of the molecule is CCCCCCC(C)NC(c1ccccc1)C(F)(F)F. The molecule has 1 N–H and O–H groups in total. The average Bonchev–Trinajstić information content (AvgIpc) is 2.41. The molecule has 0 fully saturated rings. The highest BCUT2D eigenvalue weighted by molar-refractivity contribution is 5.20. The van der Waals surface area contributed by atoms with Gasteiger partial charge in [0.25, 0.3) is 0 Å². The van der Waals surface area contributed by atoms with Gasteiger partial charge < -0.3 is 0 Å². The summed E-state index contributed by atoms with van der Waals surface area (Å²) in [7, 11) is 0. The highest BCUT2D eigenvalue weighted by Gasteiger charge is 2.41. The van der Waals surface area contributed by atoms with Gasteiger partial charge in [0.15, 0.2) is 0 Å². The van der Waals surface area contributed by atoms with Crippen molar-refractivity contribution in [2.45, 2.75) is 64.2 Å². The van der Waals surface area contributed by atoms with E-state index in [4.69, 9.17) is 0 Å². The zero-order valence-corrected chi connectivity index (χ0v) is 12.2. The second kappa shape index (κ2) is 8.30. The highest BCUT2D eigenvalue weighted by atomic mass is 19.4. The standard InChI is InChI=1S/C16H24F3N/c1-3-4-5-7-10-13(2)20-15(16(17,18)19)14-11-8-6-9-12-14/h6,8-9,11-13,15,20H,3-5,7,10H2,1-2H3. The maximum Gasteiger partial charge on any atom is 0.407 e. The van der Waals surface area contributed by atoms with Crippen LogP contribution in [0, 0.1) is 0 Å². The third-order valence-corrected chi connectivity index (χ3v) is 3.40. The first-order chi connectivity index (χ1) is 9.45. The summed E-state index contributed by atoms with van der Waals surface area (Å²) in [5, 5.41) is 2.73. The van der Waals surface area contributed by atoms with Crippen LogP contribution in [0.25, 0.3) is 0 Å². The number of nitrogens with one attached hydrogen (secondary N) is 1. The van der Waals surface area contributed by atoms with E-state index in [1.807, 2.05) is 6.92 Å². The van der Waals surface area contributed by atoms with E-state index in [9.17, 15) is 13.2 Å². The molecule has 0 amide bonds. The van der Waals surface area contributed by atoms with Crippen LogP contribution >= 0.6 is 0 Å². The molecule has 0 saturated heterocycles. The van der Waals surface area contributed by atoms with E-state index in [2.05, 4.69) is 12.2 Å². The molecule has 4 heteroatoms. The van der Waals surface area contributed by atoms with Crippen molar-refractivity contribution in [3.8, 4) is 0 Å². The van der Waals surface area contributed by atoms with Gasteiger partial charge >= 0.3 is 6.18 Å². The maximum atomic E-state index is 13.1. The van der Waals surface area contributed by atoms with Crippen LogP contribution < -0.4 is 5.32 Å². The molecule has 0 aliphatic heterocycles. The van der Waals surface area contributed by atoms with Gasteiger partial charge in [0.2, 0.25) is 0 Å². The Hall–Kier alpha value is -1.03. The molecule has 1 nitrogen and oxygen atoms in total. The van der Waals surface area contributed by atoms with Crippen molar-refractivity contribution in [1.29, 1.82) is 0 Å². The summed E-state index contributed by atoms with van der Waals surface area (Å²) in [6.07, 6.45) is 0.857. The summed E-state index contributed by atoms with van der Waals surface area (Å²) in [5.74, 6) is 0. The van der Waals surface area contributed by atoms with Crippen LogP contribution in [0.15, 0.2) is 30.3 Å². The Morgan fingerprint density at radius 2 is 1.70 bits per heavy atom. The fourth-order valence-corrected chi connectivity index (χ4v) is 2.27. The Labute approximate surface area is 119 Å². The van der Waals surface area contributed by atoms with E-state index in [1.54, 1.807) is 18.2 Å². The number of benzene rings is 1. The van der Waals surface area contributed by atoms with E-state index in [-0.39, 0.29) is 11.6 Å². The van der Waals surface area contributed by atoms with Crippen molar-refractivity contribution in [1.82, 2.24) is 5.32 Å². The van der Waals surface area contributed by atoms with Crippen molar-refractivity contribution in [2.75, 3.05) is 0 Å². The monoisotopic (exact) mass is 287 g/mol. The van der Waals surface area contributed by atoms with E-state index in [0.29, 0.717) is 0 Å². The van der Waals surface area contributed by atoms with Gasteiger partial charge in [-0.1, -0.05) is 62.9 Å². The minimum atomic E-state index is -4.26. The highest BCUT2D eigenvalue weighted by Crippen LogP contribution is 2.33. The molecule has 0 aromatic heterocycles. The third kappa shape index (κ3) is 5.95. The molecular formula is C16H24F3N. The lowest BCUT2D eigenvalue weighted by Gasteiger charge is -2.26. The smallest absolute Gasteiger partial charge is 0.300 e. The predicted molar refractivity (Wildman–Crippen MR) is 76.6 cm³/mol. The molecule has 0 bridgehead atoms. The average molecular weight is 287 g/mol. The fraction of sp³-hybridized carbons (Fsp3) is 0.625. The molecule has 0 spiro atoms. The van der Waals surface area contributed by atoms with E-state index in [1.165, 1.54) is 12.1 Å². The Morgan fingerprint density at radius 1 is 1.05 bits per heavy atom. The Balaban J connectivity index is 2.58. The molecule has 2 atom stereocenters. The molecule has 0 heterocycles. The largest absolute Gasteiger partial charge is 0.407 e. The van der Waals surface area contributed by atoms with Gasteiger partial charge in [-0.3, -0.25) is 5.32 Å². The normalized spacial score (nSPS) is 15.1. The number of hydrogen-bond acceptors (Lipinski definition) is 1. The summed E-state index contributed by atoms with van der Waals surface area (Å²) >= 11 is 0. The molecule has 1 aromatic rings. The van der Waals surface area contributed by atoms with Crippen LogP contribution in [0.1, 0.15) is 57.6 Å². The first-order valence-electron chi connectivity index (χ1n) is 7.33. The fourth-order valence-electron chi connectivity index (χ4n) is 2.27. The first-order valence-corrected chi connectivity index (χ1v) is 7.33. The van der Waals surface area contributed by atoms with Gasteiger partial charge in [0, 0.05) is 6.04 Å². The molecule has 114 valence electrons. The minimum absolute atomic E-state index is 0.140. The summed E-state index contributed by atoms with van der Waals surface area (Å²) in [6, 6.07) is 6.34. The molecular weight excluding hydrogens is 263 g/mol. The third-order valence-electron chi connectivity index (χ3n) is 3.40. The summed E-state index contributed by atoms with van der Waals surface area (Å²) in [4.78, 5) is 0. The number of alkyl halides is 3. The van der Waals surface area contributed by atoms with Crippen molar-refractivity contribution >= 4 is 0 Å². The van der Waals surface area contributed by atoms with Crippen LogP contribution in [-0.2, 0) is 0 Å². The van der Waals surface area contributed by atoms with Crippen LogP contribution in [-0.4, -0.2) is 12.2 Å². The number of unbranched alkanes of at least 4 members (excludes halogenated alkanes) is 3. The zero-order chi connectivity index (χ0) is 15.0. The molecule has 0 saturated carbocycles. The Morgan fingerprint density at radius 3 is 2.25 bits per heavy atom. The molecule has 0 aliphatic rings. The minimum Gasteiger partial charge on any atom is -0.300 e. The molecule has 0 aliphatic carbocycles. The molecule has 2 unspecified atom stereocenters. The second-order valence-corrected chi connectivity index (χ2v) is 5.30. The second-order valence-electron chi connectivity index (χ2n) is 5.30. The zero-order valence-electron chi connectivity index (χ0n) is 12.2.